The second kappa shape index (κ2) is 6.10. The number of halogens is 5. The first-order chi connectivity index (χ1) is 8.99. The molecule has 1 unspecified atom stereocenters. The van der Waals surface area contributed by atoms with Crippen molar-refractivity contribution in [3.05, 3.63) is 53.1 Å². The van der Waals surface area contributed by atoms with Crippen LogP contribution in [0.15, 0.2) is 16.8 Å². The molecule has 7 heteroatoms. The maximum atomic E-state index is 9.37. The van der Waals surface area contributed by atoms with Crippen molar-refractivity contribution >= 4 is 69.3 Å². The quantitative estimate of drug-likeness (QED) is 0.427. The molecule has 0 aliphatic carbocycles. The van der Waals surface area contributed by atoms with Crippen molar-refractivity contribution in [2.75, 3.05) is 0 Å². The molecule has 0 fully saturated rings. The number of thiophene rings is 1. The zero-order chi connectivity index (χ0) is 14.2. The summed E-state index contributed by atoms with van der Waals surface area (Å²) in [5, 5.41) is 13.7. The van der Waals surface area contributed by atoms with Gasteiger partial charge in [-0.05, 0) is 22.4 Å². The molecule has 1 nitrogen and oxygen atoms in total. The monoisotopic (exact) mass is 369 g/mol. The lowest BCUT2D eigenvalue weighted by molar-refractivity contribution is 1.05. The number of benzene rings is 1. The van der Waals surface area contributed by atoms with Crippen molar-refractivity contribution in [2.24, 2.45) is 0 Å². The highest BCUT2D eigenvalue weighted by Crippen LogP contribution is 2.47. The molecule has 0 amide bonds. The van der Waals surface area contributed by atoms with Crippen LogP contribution >= 0.6 is 69.3 Å². The van der Waals surface area contributed by atoms with Gasteiger partial charge in [0, 0.05) is 5.56 Å². The minimum atomic E-state index is -0.640. The maximum Gasteiger partial charge on any atom is 0.100 e. The SMILES string of the molecule is N#CC(c1ccsc1)c1c(Cl)c(Cl)c(Cl)c(Cl)c1Cl. The number of hydrogen-bond acceptors (Lipinski definition) is 2. The summed E-state index contributed by atoms with van der Waals surface area (Å²) in [6.45, 7) is 0. The first kappa shape index (κ1) is 15.3. The van der Waals surface area contributed by atoms with Gasteiger partial charge >= 0.3 is 0 Å². The minimum Gasteiger partial charge on any atom is -0.197 e. The van der Waals surface area contributed by atoms with Crippen LogP contribution in [0.3, 0.4) is 0 Å². The van der Waals surface area contributed by atoms with E-state index in [0.29, 0.717) is 5.56 Å². The van der Waals surface area contributed by atoms with Crippen LogP contribution in [-0.2, 0) is 0 Å². The van der Waals surface area contributed by atoms with E-state index in [1.807, 2.05) is 16.8 Å². The zero-order valence-corrected chi connectivity index (χ0v) is 13.7. The summed E-state index contributed by atoms with van der Waals surface area (Å²) < 4.78 is 0. The van der Waals surface area contributed by atoms with Crippen LogP contribution in [0.25, 0.3) is 0 Å². The number of rotatable bonds is 2. The molecule has 0 spiro atoms. The van der Waals surface area contributed by atoms with E-state index in [4.69, 9.17) is 58.0 Å². The third-order valence-corrected chi connectivity index (χ3v) is 5.55. The normalized spacial score (nSPS) is 12.2. The van der Waals surface area contributed by atoms with Gasteiger partial charge in [-0.1, -0.05) is 58.0 Å². The summed E-state index contributed by atoms with van der Waals surface area (Å²) in [7, 11) is 0. The van der Waals surface area contributed by atoms with E-state index in [9.17, 15) is 5.26 Å². The van der Waals surface area contributed by atoms with E-state index in [0.717, 1.165) is 5.56 Å². The molecule has 19 heavy (non-hydrogen) atoms. The van der Waals surface area contributed by atoms with Crippen molar-refractivity contribution in [3.63, 3.8) is 0 Å². The van der Waals surface area contributed by atoms with Crippen molar-refractivity contribution in [1.29, 1.82) is 5.26 Å². The van der Waals surface area contributed by atoms with Crippen LogP contribution in [0.5, 0.6) is 0 Å². The van der Waals surface area contributed by atoms with Gasteiger partial charge in [-0.2, -0.15) is 16.6 Å². The summed E-state index contributed by atoms with van der Waals surface area (Å²) in [5.74, 6) is -0.640. The van der Waals surface area contributed by atoms with E-state index >= 15 is 0 Å². The second-order valence-electron chi connectivity index (χ2n) is 3.60. The van der Waals surface area contributed by atoms with Gasteiger partial charge in [-0.15, -0.1) is 0 Å². The lowest BCUT2D eigenvalue weighted by Gasteiger charge is -2.16. The molecule has 0 radical (unpaired) electrons. The van der Waals surface area contributed by atoms with E-state index in [2.05, 4.69) is 6.07 Å². The molecule has 2 aromatic rings. The van der Waals surface area contributed by atoms with Crippen LogP contribution in [0.2, 0.25) is 25.1 Å². The van der Waals surface area contributed by atoms with Gasteiger partial charge in [-0.3, -0.25) is 0 Å². The van der Waals surface area contributed by atoms with Crippen LogP contribution in [0.1, 0.15) is 17.0 Å². The van der Waals surface area contributed by atoms with Gasteiger partial charge in [-0.25, -0.2) is 0 Å². The van der Waals surface area contributed by atoms with Crippen molar-refractivity contribution in [1.82, 2.24) is 0 Å². The molecule has 0 N–H and O–H groups in total. The minimum absolute atomic E-state index is 0.0871. The van der Waals surface area contributed by atoms with Gasteiger partial charge in [0.15, 0.2) is 0 Å². The Kier molecular flexibility index (Phi) is 4.89. The largest absolute Gasteiger partial charge is 0.197 e. The molecule has 0 aliphatic heterocycles. The Labute approximate surface area is 139 Å². The Morgan fingerprint density at radius 2 is 1.47 bits per heavy atom. The van der Waals surface area contributed by atoms with Crippen LogP contribution < -0.4 is 0 Å². The first-order valence-electron chi connectivity index (χ1n) is 4.92. The van der Waals surface area contributed by atoms with Gasteiger partial charge in [0.2, 0.25) is 0 Å². The summed E-state index contributed by atoms with van der Waals surface area (Å²) in [5.41, 5.74) is 1.16. The van der Waals surface area contributed by atoms with Crippen LogP contribution in [0.4, 0.5) is 0 Å². The fraction of sp³-hybridized carbons (Fsp3) is 0.0833. The molecule has 0 aliphatic rings. The Bertz CT molecular complexity index is 631. The molecule has 1 atom stereocenters. The third-order valence-electron chi connectivity index (χ3n) is 2.54. The van der Waals surface area contributed by atoms with Gasteiger partial charge < -0.3 is 0 Å². The summed E-state index contributed by atoms with van der Waals surface area (Å²) in [6.07, 6.45) is 0. The molecule has 1 aromatic heterocycles. The number of nitrogens with zero attached hydrogens (tertiary/aromatic N) is 1. The second-order valence-corrected chi connectivity index (χ2v) is 6.27. The van der Waals surface area contributed by atoms with Crippen molar-refractivity contribution in [3.8, 4) is 6.07 Å². The fourth-order valence-electron chi connectivity index (χ4n) is 1.62. The Hall–Kier alpha value is -0.140. The lowest BCUT2D eigenvalue weighted by atomic mass is 9.94. The highest BCUT2D eigenvalue weighted by molar-refractivity contribution is 7.08. The van der Waals surface area contributed by atoms with E-state index in [-0.39, 0.29) is 25.1 Å². The van der Waals surface area contributed by atoms with Crippen LogP contribution in [-0.4, -0.2) is 0 Å². The Balaban J connectivity index is 2.73. The predicted molar refractivity (Wildman–Crippen MR) is 83.3 cm³/mol. The summed E-state index contributed by atoms with van der Waals surface area (Å²) in [4.78, 5) is 0. The fourth-order valence-corrected chi connectivity index (χ4v) is 3.68. The molecule has 1 aromatic carbocycles. The Morgan fingerprint density at radius 3 is 1.89 bits per heavy atom. The molecule has 0 saturated carbocycles. The predicted octanol–water partition coefficient (Wildman–Crippen LogP) is 6.67. The summed E-state index contributed by atoms with van der Waals surface area (Å²) in [6, 6.07) is 3.97. The number of hydrogen-bond donors (Lipinski definition) is 0. The van der Waals surface area contributed by atoms with Crippen LogP contribution in [0, 0.1) is 11.3 Å². The lowest BCUT2D eigenvalue weighted by Crippen LogP contribution is -2.00. The van der Waals surface area contributed by atoms with Gasteiger partial charge in [0.05, 0.1) is 31.2 Å². The Morgan fingerprint density at radius 1 is 0.947 bits per heavy atom. The third kappa shape index (κ3) is 2.69. The molecule has 98 valence electrons. The summed E-state index contributed by atoms with van der Waals surface area (Å²) >= 11 is 31.7. The topological polar surface area (TPSA) is 23.8 Å². The highest BCUT2D eigenvalue weighted by Gasteiger charge is 2.26. The van der Waals surface area contributed by atoms with Crippen molar-refractivity contribution in [2.45, 2.75) is 5.92 Å². The zero-order valence-electron chi connectivity index (χ0n) is 9.05. The molecule has 1 heterocycles. The van der Waals surface area contributed by atoms with Crippen molar-refractivity contribution < 1.29 is 0 Å². The smallest absolute Gasteiger partial charge is 0.100 e. The molecular weight excluding hydrogens is 367 g/mol. The van der Waals surface area contributed by atoms with Gasteiger partial charge in [0.1, 0.15) is 5.92 Å². The van der Waals surface area contributed by atoms with E-state index < -0.39 is 5.92 Å². The highest BCUT2D eigenvalue weighted by atomic mass is 35.5. The standard InChI is InChI=1S/C12H4Cl5NS/c13-8-7(6(3-18)5-1-2-19-4-5)9(14)11(16)12(17)10(8)15/h1-2,4,6H. The molecule has 0 saturated heterocycles. The van der Waals surface area contributed by atoms with E-state index in [1.54, 1.807) is 0 Å². The van der Waals surface area contributed by atoms with Gasteiger partial charge in [0.25, 0.3) is 0 Å². The van der Waals surface area contributed by atoms with E-state index in [1.165, 1.54) is 11.3 Å². The molecular formula is C12H4Cl5NS. The molecule has 2 rings (SSSR count). The first-order valence-corrected chi connectivity index (χ1v) is 7.75. The maximum absolute atomic E-state index is 9.37. The average Bonchev–Trinajstić information content (AvgIpc) is 2.93. The molecule has 0 bridgehead atoms. The average molecular weight is 372 g/mol. The number of nitriles is 1.